The lowest BCUT2D eigenvalue weighted by atomic mass is 9.92. The van der Waals surface area contributed by atoms with Crippen LogP contribution in [-0.2, 0) is 11.2 Å². The largest absolute Gasteiger partial charge is 0.356 e. The average molecular weight is 215 g/mol. The van der Waals surface area contributed by atoms with Crippen LogP contribution in [0.1, 0.15) is 30.4 Å². The number of amides is 1. The molecule has 1 aromatic rings. The number of nitrogens with one attached hydrogen (secondary N) is 1. The molecule has 0 radical (unpaired) electrons. The number of aryl methyl sites for hydroxylation is 1. The molecule has 2 heteroatoms. The normalized spacial score (nSPS) is 30.2. The fraction of sp³-hybridized carbons (Fsp3) is 0.500. The smallest absolute Gasteiger partial charge is 0.224 e. The topological polar surface area (TPSA) is 29.1 Å². The van der Waals surface area contributed by atoms with Gasteiger partial charge in [-0.15, -0.1) is 0 Å². The van der Waals surface area contributed by atoms with Gasteiger partial charge < -0.3 is 5.32 Å². The van der Waals surface area contributed by atoms with E-state index < -0.39 is 0 Å². The number of carbonyl (C=O) groups is 1. The lowest BCUT2D eigenvalue weighted by molar-refractivity contribution is -0.122. The van der Waals surface area contributed by atoms with Crippen molar-refractivity contribution in [2.45, 2.75) is 25.7 Å². The van der Waals surface area contributed by atoms with E-state index >= 15 is 0 Å². The van der Waals surface area contributed by atoms with E-state index in [2.05, 4.69) is 29.6 Å². The standard InChI is InChI=1S/C14H17NO/c1-2-15-14(16)13-11-8-7-9-5-3-4-6-10(9)12(11)13/h3-6,11-13H,2,7-8H2,1H3,(H,15,16). The molecule has 2 nitrogen and oxygen atoms in total. The minimum atomic E-state index is 0.253. The fourth-order valence-corrected chi connectivity index (χ4v) is 3.22. The molecule has 16 heavy (non-hydrogen) atoms. The first-order chi connectivity index (χ1) is 7.83. The highest BCUT2D eigenvalue weighted by Crippen LogP contribution is 2.59. The van der Waals surface area contributed by atoms with Crippen LogP contribution in [-0.4, -0.2) is 12.5 Å². The van der Waals surface area contributed by atoms with Crippen LogP contribution in [0.2, 0.25) is 0 Å². The van der Waals surface area contributed by atoms with Gasteiger partial charge in [-0.3, -0.25) is 4.79 Å². The molecule has 1 N–H and O–H groups in total. The lowest BCUT2D eigenvalue weighted by Gasteiger charge is -2.13. The minimum Gasteiger partial charge on any atom is -0.356 e. The van der Waals surface area contributed by atoms with E-state index in [-0.39, 0.29) is 11.8 Å². The maximum absolute atomic E-state index is 11.9. The van der Waals surface area contributed by atoms with Crippen LogP contribution < -0.4 is 5.32 Å². The summed E-state index contributed by atoms with van der Waals surface area (Å²) in [6.45, 7) is 2.73. The van der Waals surface area contributed by atoms with E-state index in [1.165, 1.54) is 17.5 Å². The summed E-state index contributed by atoms with van der Waals surface area (Å²) in [5.41, 5.74) is 2.88. The molecule has 1 aromatic carbocycles. The number of rotatable bonds is 2. The first-order valence-electron chi connectivity index (χ1n) is 6.18. The first kappa shape index (κ1) is 9.88. The van der Waals surface area contributed by atoms with Crippen LogP contribution in [0, 0.1) is 11.8 Å². The van der Waals surface area contributed by atoms with Crippen molar-refractivity contribution >= 4 is 5.91 Å². The van der Waals surface area contributed by atoms with Crippen molar-refractivity contribution in [2.24, 2.45) is 11.8 Å². The van der Waals surface area contributed by atoms with Gasteiger partial charge in [-0.1, -0.05) is 24.3 Å². The van der Waals surface area contributed by atoms with Gasteiger partial charge in [0.2, 0.25) is 5.91 Å². The zero-order chi connectivity index (χ0) is 11.1. The van der Waals surface area contributed by atoms with Gasteiger partial charge in [-0.05, 0) is 42.7 Å². The van der Waals surface area contributed by atoms with Crippen LogP contribution in [0.3, 0.4) is 0 Å². The number of hydrogen-bond acceptors (Lipinski definition) is 1. The molecular formula is C14H17NO. The van der Waals surface area contributed by atoms with E-state index in [0.29, 0.717) is 11.8 Å². The Morgan fingerprint density at radius 3 is 3.06 bits per heavy atom. The predicted molar refractivity (Wildman–Crippen MR) is 63.2 cm³/mol. The summed E-state index contributed by atoms with van der Waals surface area (Å²) >= 11 is 0. The molecule has 3 rings (SSSR count). The Kier molecular flexibility index (Phi) is 2.23. The highest BCUT2D eigenvalue weighted by molar-refractivity contribution is 5.84. The van der Waals surface area contributed by atoms with Gasteiger partial charge in [0.25, 0.3) is 0 Å². The molecule has 0 spiro atoms. The Bertz CT molecular complexity index is 426. The summed E-state index contributed by atoms with van der Waals surface area (Å²) in [7, 11) is 0. The van der Waals surface area contributed by atoms with Crippen molar-refractivity contribution in [1.29, 1.82) is 0 Å². The maximum Gasteiger partial charge on any atom is 0.224 e. The van der Waals surface area contributed by atoms with E-state index in [9.17, 15) is 4.79 Å². The SMILES string of the molecule is CCNC(=O)C1C2CCc3ccccc3C21. The van der Waals surface area contributed by atoms with Gasteiger partial charge in [0, 0.05) is 12.5 Å². The molecule has 3 atom stereocenters. The summed E-state index contributed by atoms with van der Waals surface area (Å²) in [6, 6.07) is 8.60. The summed E-state index contributed by atoms with van der Waals surface area (Å²) in [5, 5.41) is 2.96. The lowest BCUT2D eigenvalue weighted by Crippen LogP contribution is -2.25. The fourth-order valence-electron chi connectivity index (χ4n) is 3.22. The maximum atomic E-state index is 11.9. The first-order valence-corrected chi connectivity index (χ1v) is 6.18. The van der Waals surface area contributed by atoms with Crippen LogP contribution in [0.4, 0.5) is 0 Å². The monoisotopic (exact) mass is 215 g/mol. The number of fused-ring (bicyclic) bond motifs is 3. The minimum absolute atomic E-state index is 0.253. The van der Waals surface area contributed by atoms with Gasteiger partial charge in [0.15, 0.2) is 0 Å². The van der Waals surface area contributed by atoms with Crippen molar-refractivity contribution in [1.82, 2.24) is 5.32 Å². The summed E-state index contributed by atoms with van der Waals surface area (Å²) in [4.78, 5) is 11.9. The van der Waals surface area contributed by atoms with Gasteiger partial charge in [-0.2, -0.15) is 0 Å². The van der Waals surface area contributed by atoms with Gasteiger partial charge in [-0.25, -0.2) is 0 Å². The van der Waals surface area contributed by atoms with Gasteiger partial charge >= 0.3 is 0 Å². The summed E-state index contributed by atoms with van der Waals surface area (Å²) in [5.74, 6) is 1.63. The quantitative estimate of drug-likeness (QED) is 0.804. The van der Waals surface area contributed by atoms with Crippen LogP contribution in [0.25, 0.3) is 0 Å². The van der Waals surface area contributed by atoms with Crippen molar-refractivity contribution in [2.75, 3.05) is 6.54 Å². The van der Waals surface area contributed by atoms with E-state index in [1.54, 1.807) is 0 Å². The molecule has 0 aromatic heterocycles. The number of carbonyl (C=O) groups excluding carboxylic acids is 1. The second-order valence-electron chi connectivity index (χ2n) is 4.85. The Morgan fingerprint density at radius 1 is 1.44 bits per heavy atom. The molecule has 0 heterocycles. The number of hydrogen-bond donors (Lipinski definition) is 1. The zero-order valence-electron chi connectivity index (χ0n) is 9.57. The van der Waals surface area contributed by atoms with Crippen molar-refractivity contribution in [3.63, 3.8) is 0 Å². The Morgan fingerprint density at radius 2 is 2.25 bits per heavy atom. The van der Waals surface area contributed by atoms with Crippen molar-refractivity contribution in [3.8, 4) is 0 Å². The highest BCUT2D eigenvalue weighted by atomic mass is 16.2. The van der Waals surface area contributed by atoms with Gasteiger partial charge in [0.05, 0.1) is 0 Å². The molecule has 0 aliphatic heterocycles. The third-order valence-electron chi connectivity index (χ3n) is 3.98. The summed E-state index contributed by atoms with van der Waals surface area (Å²) < 4.78 is 0. The molecular weight excluding hydrogens is 198 g/mol. The average Bonchev–Trinajstić information content (AvgIpc) is 3.04. The Labute approximate surface area is 96.1 Å². The Hall–Kier alpha value is -1.31. The van der Waals surface area contributed by atoms with Crippen LogP contribution in [0.5, 0.6) is 0 Å². The zero-order valence-corrected chi connectivity index (χ0v) is 9.57. The van der Waals surface area contributed by atoms with E-state index in [1.807, 2.05) is 6.92 Å². The molecule has 1 fully saturated rings. The van der Waals surface area contributed by atoms with E-state index in [4.69, 9.17) is 0 Å². The van der Waals surface area contributed by atoms with Crippen LogP contribution >= 0.6 is 0 Å². The summed E-state index contributed by atoms with van der Waals surface area (Å²) in [6.07, 6.45) is 2.33. The highest BCUT2D eigenvalue weighted by Gasteiger charge is 2.56. The number of benzene rings is 1. The molecule has 0 bridgehead atoms. The third-order valence-corrected chi connectivity index (χ3v) is 3.98. The van der Waals surface area contributed by atoms with E-state index in [0.717, 1.165) is 13.0 Å². The van der Waals surface area contributed by atoms with Crippen molar-refractivity contribution in [3.05, 3.63) is 35.4 Å². The Balaban J connectivity index is 1.85. The second-order valence-corrected chi connectivity index (χ2v) is 4.85. The van der Waals surface area contributed by atoms with Crippen molar-refractivity contribution < 1.29 is 4.79 Å². The molecule has 1 amide bonds. The van der Waals surface area contributed by atoms with Crippen LogP contribution in [0.15, 0.2) is 24.3 Å². The third kappa shape index (κ3) is 1.36. The molecule has 1 saturated carbocycles. The molecule has 3 unspecified atom stereocenters. The molecule has 2 aliphatic rings. The molecule has 0 saturated heterocycles. The van der Waals surface area contributed by atoms with Gasteiger partial charge in [0.1, 0.15) is 0 Å². The second kappa shape index (κ2) is 3.62. The molecule has 84 valence electrons. The predicted octanol–water partition coefficient (Wildman–Crippen LogP) is 2.10. The molecule has 2 aliphatic carbocycles.